The maximum absolute atomic E-state index is 12.3. The monoisotopic (exact) mass is 283 g/mol. The van der Waals surface area contributed by atoms with Crippen LogP contribution in [0.25, 0.3) is 0 Å². The number of aromatic nitrogens is 1. The van der Waals surface area contributed by atoms with E-state index in [4.69, 9.17) is 4.74 Å². The molecule has 3 rings (SSSR count). The summed E-state index contributed by atoms with van der Waals surface area (Å²) < 4.78 is 5.42. The summed E-state index contributed by atoms with van der Waals surface area (Å²) in [6.45, 7) is -0.0720. The van der Waals surface area contributed by atoms with Crippen molar-refractivity contribution in [2.75, 3.05) is 23.9 Å². The molecule has 1 aliphatic rings. The Bertz CT molecular complexity index is 701. The first-order valence-electron chi connectivity index (χ1n) is 6.41. The number of likely N-dealkylation sites (N-methyl/N-ethyl adjacent to an activating group) is 1. The van der Waals surface area contributed by atoms with E-state index in [1.54, 1.807) is 49.6 Å². The summed E-state index contributed by atoms with van der Waals surface area (Å²) in [7, 11) is 1.66. The molecule has 6 heteroatoms. The number of carbonyl (C=O) groups is 2. The molecule has 2 aromatic rings. The summed E-state index contributed by atoms with van der Waals surface area (Å²) in [6.07, 6.45) is 1.60. The van der Waals surface area contributed by atoms with Crippen LogP contribution in [0.2, 0.25) is 0 Å². The van der Waals surface area contributed by atoms with Crippen LogP contribution in [0, 0.1) is 0 Å². The zero-order chi connectivity index (χ0) is 14.8. The average Bonchev–Trinajstić information content (AvgIpc) is 2.51. The van der Waals surface area contributed by atoms with E-state index in [0.29, 0.717) is 22.8 Å². The van der Waals surface area contributed by atoms with Crippen molar-refractivity contribution in [1.29, 1.82) is 0 Å². The molecule has 106 valence electrons. The molecule has 0 saturated carbocycles. The number of carbonyl (C=O) groups excluding carboxylic acids is 2. The van der Waals surface area contributed by atoms with Gasteiger partial charge in [-0.15, -0.1) is 0 Å². The van der Waals surface area contributed by atoms with Gasteiger partial charge in [0.1, 0.15) is 5.82 Å². The van der Waals surface area contributed by atoms with Gasteiger partial charge in [0.25, 0.3) is 11.8 Å². The summed E-state index contributed by atoms with van der Waals surface area (Å²) in [6, 6.07) is 10.4. The van der Waals surface area contributed by atoms with E-state index in [1.165, 1.54) is 4.90 Å². The molecule has 0 bridgehead atoms. The zero-order valence-corrected chi connectivity index (χ0v) is 11.4. The van der Waals surface area contributed by atoms with Gasteiger partial charge in [0.05, 0.1) is 11.3 Å². The summed E-state index contributed by atoms with van der Waals surface area (Å²) in [5.74, 6) is 0.395. The standard InChI is InChI=1S/C15H13N3O3/c1-18-11-6-4-5-10(14(11)21-9-13(18)19)15(20)17-12-7-2-3-8-16-12/h2-8H,9H2,1H3,(H,16,17,20). The highest BCUT2D eigenvalue weighted by Gasteiger charge is 2.26. The van der Waals surface area contributed by atoms with Crippen molar-refractivity contribution < 1.29 is 14.3 Å². The number of ether oxygens (including phenoxy) is 1. The second-order valence-corrected chi connectivity index (χ2v) is 4.56. The zero-order valence-electron chi connectivity index (χ0n) is 11.4. The van der Waals surface area contributed by atoms with E-state index < -0.39 is 0 Å². The predicted octanol–water partition coefficient (Wildman–Crippen LogP) is 1.69. The minimum absolute atomic E-state index is 0.0720. The normalized spacial score (nSPS) is 13.4. The summed E-state index contributed by atoms with van der Waals surface area (Å²) in [5, 5.41) is 2.70. The van der Waals surface area contributed by atoms with Crippen molar-refractivity contribution in [3.05, 3.63) is 48.2 Å². The summed E-state index contributed by atoms with van der Waals surface area (Å²) in [4.78, 5) is 29.5. The smallest absolute Gasteiger partial charge is 0.264 e. The Morgan fingerprint density at radius 3 is 2.90 bits per heavy atom. The highest BCUT2D eigenvalue weighted by atomic mass is 16.5. The van der Waals surface area contributed by atoms with Crippen LogP contribution >= 0.6 is 0 Å². The van der Waals surface area contributed by atoms with Crippen molar-refractivity contribution in [3.8, 4) is 5.75 Å². The molecule has 2 heterocycles. The van der Waals surface area contributed by atoms with Gasteiger partial charge in [-0.2, -0.15) is 0 Å². The molecule has 0 radical (unpaired) electrons. The summed E-state index contributed by atoms with van der Waals surface area (Å²) >= 11 is 0. The van der Waals surface area contributed by atoms with Gasteiger partial charge in [0.15, 0.2) is 12.4 Å². The van der Waals surface area contributed by atoms with Crippen LogP contribution in [0.15, 0.2) is 42.6 Å². The number of nitrogens with one attached hydrogen (secondary N) is 1. The van der Waals surface area contributed by atoms with Crippen LogP contribution in [0.4, 0.5) is 11.5 Å². The van der Waals surface area contributed by atoms with Gasteiger partial charge in [-0.1, -0.05) is 12.1 Å². The number of amides is 2. The Labute approximate surface area is 121 Å². The van der Waals surface area contributed by atoms with Crippen LogP contribution in [0.5, 0.6) is 5.75 Å². The fraction of sp³-hybridized carbons (Fsp3) is 0.133. The Hall–Kier alpha value is -2.89. The van der Waals surface area contributed by atoms with Gasteiger partial charge >= 0.3 is 0 Å². The Kier molecular flexibility index (Phi) is 3.27. The van der Waals surface area contributed by atoms with Crippen LogP contribution in [0.3, 0.4) is 0 Å². The van der Waals surface area contributed by atoms with E-state index in [0.717, 1.165) is 0 Å². The maximum atomic E-state index is 12.3. The van der Waals surface area contributed by atoms with Crippen LogP contribution in [0.1, 0.15) is 10.4 Å². The first-order chi connectivity index (χ1) is 10.2. The second kappa shape index (κ2) is 5.24. The highest BCUT2D eigenvalue weighted by Crippen LogP contribution is 2.34. The SMILES string of the molecule is CN1C(=O)COc2c(C(=O)Nc3ccccn3)cccc21. The molecule has 0 aliphatic carbocycles. The van der Waals surface area contributed by atoms with Crippen molar-refractivity contribution in [3.63, 3.8) is 0 Å². The van der Waals surface area contributed by atoms with E-state index in [9.17, 15) is 9.59 Å². The third kappa shape index (κ3) is 2.43. The largest absolute Gasteiger partial charge is 0.481 e. The lowest BCUT2D eigenvalue weighted by Gasteiger charge is -2.27. The molecule has 0 saturated heterocycles. The topological polar surface area (TPSA) is 71.5 Å². The molecule has 1 aromatic carbocycles. The lowest BCUT2D eigenvalue weighted by Crippen LogP contribution is -2.36. The minimum atomic E-state index is -0.326. The van der Waals surface area contributed by atoms with Crippen LogP contribution in [-0.4, -0.2) is 30.5 Å². The number of anilines is 2. The average molecular weight is 283 g/mol. The van der Waals surface area contributed by atoms with Gasteiger partial charge < -0.3 is 15.0 Å². The molecular formula is C15H13N3O3. The quantitative estimate of drug-likeness (QED) is 0.910. The molecule has 0 fully saturated rings. The van der Waals surface area contributed by atoms with Crippen molar-refractivity contribution in [2.24, 2.45) is 0 Å². The first kappa shape index (κ1) is 13.1. The number of benzene rings is 1. The Morgan fingerprint density at radius 1 is 1.29 bits per heavy atom. The van der Waals surface area contributed by atoms with Gasteiger partial charge in [0.2, 0.25) is 0 Å². The number of fused-ring (bicyclic) bond motifs is 1. The first-order valence-corrected chi connectivity index (χ1v) is 6.41. The van der Waals surface area contributed by atoms with Crippen LogP contribution in [-0.2, 0) is 4.79 Å². The fourth-order valence-electron chi connectivity index (χ4n) is 2.10. The minimum Gasteiger partial charge on any atom is -0.481 e. The predicted molar refractivity (Wildman–Crippen MR) is 77.5 cm³/mol. The molecule has 0 atom stereocenters. The van der Waals surface area contributed by atoms with Gasteiger partial charge in [-0.05, 0) is 24.3 Å². The second-order valence-electron chi connectivity index (χ2n) is 4.56. The third-order valence-electron chi connectivity index (χ3n) is 3.22. The summed E-state index contributed by atoms with van der Waals surface area (Å²) in [5.41, 5.74) is 0.956. The third-order valence-corrected chi connectivity index (χ3v) is 3.22. The lowest BCUT2D eigenvalue weighted by molar-refractivity contribution is -0.121. The number of hydrogen-bond acceptors (Lipinski definition) is 4. The van der Waals surface area contributed by atoms with E-state index in [2.05, 4.69) is 10.3 Å². The number of rotatable bonds is 2. The van der Waals surface area contributed by atoms with Gasteiger partial charge in [-0.25, -0.2) is 4.98 Å². The van der Waals surface area contributed by atoms with Crippen molar-refractivity contribution in [1.82, 2.24) is 4.98 Å². The molecule has 1 aromatic heterocycles. The molecular weight excluding hydrogens is 270 g/mol. The Balaban J connectivity index is 1.93. The number of para-hydroxylation sites is 1. The van der Waals surface area contributed by atoms with E-state index >= 15 is 0 Å². The Morgan fingerprint density at radius 2 is 2.14 bits per heavy atom. The van der Waals surface area contributed by atoms with Crippen molar-refractivity contribution >= 4 is 23.3 Å². The molecule has 0 unspecified atom stereocenters. The maximum Gasteiger partial charge on any atom is 0.264 e. The number of pyridine rings is 1. The molecule has 2 amide bonds. The lowest BCUT2D eigenvalue weighted by atomic mass is 10.1. The highest BCUT2D eigenvalue weighted by molar-refractivity contribution is 6.09. The molecule has 1 N–H and O–H groups in total. The molecule has 6 nitrogen and oxygen atoms in total. The van der Waals surface area contributed by atoms with Gasteiger partial charge in [-0.3, -0.25) is 9.59 Å². The van der Waals surface area contributed by atoms with Gasteiger partial charge in [0, 0.05) is 13.2 Å². The molecule has 1 aliphatic heterocycles. The van der Waals surface area contributed by atoms with E-state index in [1.807, 2.05) is 0 Å². The van der Waals surface area contributed by atoms with Crippen molar-refractivity contribution in [2.45, 2.75) is 0 Å². The fourth-order valence-corrected chi connectivity index (χ4v) is 2.10. The van der Waals surface area contributed by atoms with E-state index in [-0.39, 0.29) is 18.4 Å². The molecule has 21 heavy (non-hydrogen) atoms. The number of hydrogen-bond donors (Lipinski definition) is 1. The molecule has 0 spiro atoms. The number of nitrogens with zero attached hydrogens (tertiary/aromatic N) is 2. The van der Waals surface area contributed by atoms with Crippen LogP contribution < -0.4 is 15.0 Å².